The number of halogens is 4. The molecule has 194 valence electrons. The maximum absolute atomic E-state index is 13.5. The lowest BCUT2D eigenvalue weighted by Crippen LogP contribution is -2.31. The van der Waals surface area contributed by atoms with Gasteiger partial charge < -0.3 is 10.6 Å². The van der Waals surface area contributed by atoms with E-state index in [1.54, 1.807) is 18.2 Å². The SMILES string of the molecule is C=CCN(c1cccc(C(F)(F)F)c1)S(=O)(=O)c1ccc(Cl)c(C(=O)Nc2cccc(NC(C)=O)c2)c1. The monoisotopic (exact) mass is 551 g/mol. The molecule has 2 N–H and O–H groups in total. The van der Waals surface area contributed by atoms with Crippen LogP contribution in [0, 0.1) is 0 Å². The molecule has 0 aliphatic heterocycles. The number of alkyl halides is 3. The number of benzene rings is 3. The molecule has 0 heterocycles. The summed E-state index contributed by atoms with van der Waals surface area (Å²) in [6.45, 7) is 4.49. The molecule has 0 spiro atoms. The summed E-state index contributed by atoms with van der Waals surface area (Å²) in [6, 6.07) is 13.5. The molecule has 2 amide bonds. The van der Waals surface area contributed by atoms with Crippen LogP contribution in [-0.4, -0.2) is 26.8 Å². The molecule has 0 saturated carbocycles. The molecule has 3 rings (SSSR count). The molecule has 3 aromatic rings. The number of sulfonamides is 1. The second kappa shape index (κ2) is 11.1. The first-order valence-electron chi connectivity index (χ1n) is 10.6. The second-order valence-corrected chi connectivity index (χ2v) is 10.0. The van der Waals surface area contributed by atoms with Crippen molar-refractivity contribution in [3.63, 3.8) is 0 Å². The molecule has 0 atom stereocenters. The van der Waals surface area contributed by atoms with Crippen molar-refractivity contribution >= 4 is 50.5 Å². The van der Waals surface area contributed by atoms with Crippen LogP contribution in [0.25, 0.3) is 0 Å². The van der Waals surface area contributed by atoms with Crippen molar-refractivity contribution in [3.05, 3.63) is 95.5 Å². The number of hydrogen-bond acceptors (Lipinski definition) is 4. The van der Waals surface area contributed by atoms with E-state index in [9.17, 15) is 31.2 Å². The van der Waals surface area contributed by atoms with Crippen molar-refractivity contribution in [2.75, 3.05) is 21.5 Å². The summed E-state index contributed by atoms with van der Waals surface area (Å²) in [5, 5.41) is 5.10. The number of amides is 2. The molecule has 0 aliphatic carbocycles. The Morgan fingerprint density at radius 3 is 2.27 bits per heavy atom. The third-order valence-electron chi connectivity index (χ3n) is 4.97. The largest absolute Gasteiger partial charge is 0.416 e. The quantitative estimate of drug-likeness (QED) is 0.338. The summed E-state index contributed by atoms with van der Waals surface area (Å²) < 4.78 is 67.3. The minimum absolute atomic E-state index is 0.0520. The number of hydrogen-bond donors (Lipinski definition) is 2. The maximum Gasteiger partial charge on any atom is 0.416 e. The smallest absolute Gasteiger partial charge is 0.326 e. The molecule has 3 aromatic carbocycles. The van der Waals surface area contributed by atoms with E-state index in [1.165, 1.54) is 31.2 Å². The van der Waals surface area contributed by atoms with Crippen molar-refractivity contribution in [1.82, 2.24) is 0 Å². The number of carbonyl (C=O) groups excluding carboxylic acids is 2. The highest BCUT2D eigenvalue weighted by atomic mass is 35.5. The zero-order valence-corrected chi connectivity index (χ0v) is 20.9. The highest BCUT2D eigenvalue weighted by Crippen LogP contribution is 2.34. The normalized spacial score (nSPS) is 11.5. The van der Waals surface area contributed by atoms with E-state index in [2.05, 4.69) is 17.2 Å². The summed E-state index contributed by atoms with van der Waals surface area (Å²) >= 11 is 6.17. The van der Waals surface area contributed by atoms with Crippen molar-refractivity contribution in [2.24, 2.45) is 0 Å². The zero-order valence-electron chi connectivity index (χ0n) is 19.3. The fourth-order valence-electron chi connectivity index (χ4n) is 3.34. The van der Waals surface area contributed by atoms with Gasteiger partial charge in [-0.15, -0.1) is 6.58 Å². The van der Waals surface area contributed by atoms with Gasteiger partial charge in [0.25, 0.3) is 15.9 Å². The summed E-state index contributed by atoms with van der Waals surface area (Å²) in [7, 11) is -4.44. The van der Waals surface area contributed by atoms with Crippen LogP contribution in [-0.2, 0) is 21.0 Å². The molecule has 0 aromatic heterocycles. The summed E-state index contributed by atoms with van der Waals surface area (Å²) in [6.07, 6.45) is -3.45. The van der Waals surface area contributed by atoms with Gasteiger partial charge in [-0.25, -0.2) is 8.42 Å². The van der Waals surface area contributed by atoms with Crippen molar-refractivity contribution in [3.8, 4) is 0 Å². The van der Waals surface area contributed by atoms with Gasteiger partial charge in [0.1, 0.15) is 0 Å². The molecular weight excluding hydrogens is 531 g/mol. The lowest BCUT2D eigenvalue weighted by Gasteiger charge is -2.24. The van der Waals surface area contributed by atoms with E-state index < -0.39 is 27.7 Å². The van der Waals surface area contributed by atoms with Gasteiger partial charge in [0.05, 0.1) is 33.3 Å². The fourth-order valence-corrected chi connectivity index (χ4v) is 5.00. The Morgan fingerprint density at radius 1 is 1.00 bits per heavy atom. The fraction of sp³-hybridized carbons (Fsp3) is 0.120. The van der Waals surface area contributed by atoms with Crippen LogP contribution in [0.2, 0.25) is 5.02 Å². The lowest BCUT2D eigenvalue weighted by molar-refractivity contribution is -0.137. The Hall–Kier alpha value is -3.83. The maximum atomic E-state index is 13.5. The average molecular weight is 552 g/mol. The van der Waals surface area contributed by atoms with Gasteiger partial charge in [-0.2, -0.15) is 13.2 Å². The van der Waals surface area contributed by atoms with Crippen LogP contribution >= 0.6 is 11.6 Å². The predicted molar refractivity (Wildman–Crippen MR) is 136 cm³/mol. The molecule has 12 heteroatoms. The Labute approximate surface area is 216 Å². The summed E-state index contributed by atoms with van der Waals surface area (Å²) in [5.74, 6) is -1.05. The number of anilines is 3. The van der Waals surface area contributed by atoms with Crippen LogP contribution < -0.4 is 14.9 Å². The highest BCUT2D eigenvalue weighted by Gasteiger charge is 2.32. The summed E-state index contributed by atoms with van der Waals surface area (Å²) in [4.78, 5) is 23.8. The minimum atomic E-state index is -4.68. The molecule has 7 nitrogen and oxygen atoms in total. The highest BCUT2D eigenvalue weighted by molar-refractivity contribution is 7.92. The van der Waals surface area contributed by atoms with Gasteiger partial charge in [0.15, 0.2) is 0 Å². The van der Waals surface area contributed by atoms with Crippen LogP contribution in [0.5, 0.6) is 0 Å². The number of nitrogens with one attached hydrogen (secondary N) is 2. The van der Waals surface area contributed by atoms with E-state index >= 15 is 0 Å². The van der Waals surface area contributed by atoms with Gasteiger partial charge in [-0.1, -0.05) is 29.8 Å². The minimum Gasteiger partial charge on any atom is -0.326 e. The Bertz CT molecular complexity index is 1460. The van der Waals surface area contributed by atoms with Crippen molar-refractivity contribution < 1.29 is 31.2 Å². The molecule has 0 unspecified atom stereocenters. The molecule has 0 aliphatic rings. The van der Waals surface area contributed by atoms with Crippen molar-refractivity contribution in [1.29, 1.82) is 0 Å². The third-order valence-corrected chi connectivity index (χ3v) is 7.09. The molecule has 0 radical (unpaired) electrons. The third kappa shape index (κ3) is 6.69. The standard InChI is InChI=1S/C25H21ClF3N3O4S/c1-3-12-32(20-9-4-6-17(13-20)25(27,28)29)37(35,36)21-10-11-23(26)22(15-21)24(34)31-19-8-5-7-18(14-19)30-16(2)33/h3-11,13-15H,1,12H2,2H3,(H,30,33)(H,31,34). The Morgan fingerprint density at radius 2 is 1.65 bits per heavy atom. The lowest BCUT2D eigenvalue weighted by atomic mass is 10.2. The van der Waals surface area contributed by atoms with E-state index in [1.807, 2.05) is 0 Å². The van der Waals surface area contributed by atoms with Crippen LogP contribution in [0.3, 0.4) is 0 Å². The average Bonchev–Trinajstić information content (AvgIpc) is 2.82. The Balaban J connectivity index is 1.97. The van der Waals surface area contributed by atoms with Gasteiger partial charge in [0, 0.05) is 18.3 Å². The first-order valence-corrected chi connectivity index (χ1v) is 12.4. The molecular formula is C25H21ClF3N3O4S. The molecule has 0 fully saturated rings. The first-order chi connectivity index (χ1) is 17.3. The topological polar surface area (TPSA) is 95.6 Å². The number of carbonyl (C=O) groups is 2. The van der Waals surface area contributed by atoms with Crippen LogP contribution in [0.1, 0.15) is 22.8 Å². The molecule has 0 bridgehead atoms. The second-order valence-electron chi connectivity index (χ2n) is 7.73. The van der Waals surface area contributed by atoms with Crippen LogP contribution in [0.4, 0.5) is 30.2 Å². The van der Waals surface area contributed by atoms with E-state index in [0.717, 1.165) is 28.6 Å². The first kappa shape index (κ1) is 27.8. The number of rotatable bonds is 8. The van der Waals surface area contributed by atoms with E-state index in [4.69, 9.17) is 11.6 Å². The summed E-state index contributed by atoms with van der Waals surface area (Å²) in [5.41, 5.74) is -0.709. The van der Waals surface area contributed by atoms with E-state index in [0.29, 0.717) is 17.4 Å². The van der Waals surface area contributed by atoms with Gasteiger partial charge in [-0.3, -0.25) is 13.9 Å². The van der Waals surface area contributed by atoms with Crippen LogP contribution in [0.15, 0.2) is 84.3 Å². The van der Waals surface area contributed by atoms with Crippen molar-refractivity contribution in [2.45, 2.75) is 18.0 Å². The zero-order chi connectivity index (χ0) is 27.4. The van der Waals surface area contributed by atoms with E-state index in [-0.39, 0.29) is 33.6 Å². The van der Waals surface area contributed by atoms with Gasteiger partial charge >= 0.3 is 6.18 Å². The van der Waals surface area contributed by atoms with Gasteiger partial charge in [-0.05, 0) is 54.6 Å². The molecule has 0 saturated heterocycles. The number of nitrogens with zero attached hydrogens (tertiary/aromatic N) is 1. The predicted octanol–water partition coefficient (Wildman–Crippen LogP) is 5.95. The molecule has 37 heavy (non-hydrogen) atoms. The Kier molecular flexibility index (Phi) is 8.29. The van der Waals surface area contributed by atoms with Gasteiger partial charge in [0.2, 0.25) is 5.91 Å².